The molecule has 0 unspecified atom stereocenters. The van der Waals surface area contributed by atoms with E-state index in [1.165, 1.54) is 25.7 Å². The molecule has 1 amide bonds. The minimum atomic E-state index is -4.51. The number of alkyl halides is 3. The first-order valence-corrected chi connectivity index (χ1v) is 11.8. The van der Waals surface area contributed by atoms with Crippen LogP contribution in [0.25, 0.3) is 10.8 Å². The molecule has 6 heteroatoms. The summed E-state index contributed by atoms with van der Waals surface area (Å²) in [6.07, 6.45) is 4.40. The molecule has 0 aliphatic carbocycles. The quantitative estimate of drug-likeness (QED) is 0.393. The zero-order valence-corrected chi connectivity index (χ0v) is 19.4. The molecule has 3 nitrogen and oxygen atoms in total. The van der Waals surface area contributed by atoms with E-state index in [2.05, 4.69) is 12.3 Å². The van der Waals surface area contributed by atoms with E-state index in [9.17, 15) is 18.0 Å². The van der Waals surface area contributed by atoms with Crippen molar-refractivity contribution in [3.05, 3.63) is 47.5 Å². The molecule has 1 aliphatic rings. The summed E-state index contributed by atoms with van der Waals surface area (Å²) in [5.41, 5.74) is 2.74. The normalized spacial score (nSPS) is 17.6. The van der Waals surface area contributed by atoms with Crippen molar-refractivity contribution in [2.75, 3.05) is 6.54 Å². The number of nitrogens with one attached hydrogen (secondary N) is 1. The van der Waals surface area contributed by atoms with E-state index < -0.39 is 17.6 Å². The highest BCUT2D eigenvalue weighted by Gasteiger charge is 2.51. The molecule has 32 heavy (non-hydrogen) atoms. The summed E-state index contributed by atoms with van der Waals surface area (Å²) in [5.74, 6) is -0.379. The Kier molecular flexibility index (Phi) is 7.86. The Bertz CT molecular complexity index is 923. The van der Waals surface area contributed by atoms with Gasteiger partial charge < -0.3 is 0 Å². The summed E-state index contributed by atoms with van der Waals surface area (Å²) in [6.45, 7) is 5.54. The number of halogens is 3. The number of nitrogens with zero attached hydrogens (tertiary/aromatic N) is 1. The Balaban J connectivity index is 1.86. The highest BCUT2D eigenvalue weighted by atomic mass is 19.4. The number of amides is 1. The van der Waals surface area contributed by atoms with Crippen molar-refractivity contribution in [2.45, 2.75) is 84.4 Å². The Morgan fingerprint density at radius 3 is 2.31 bits per heavy atom. The van der Waals surface area contributed by atoms with E-state index in [0.29, 0.717) is 0 Å². The van der Waals surface area contributed by atoms with Crippen LogP contribution in [0.5, 0.6) is 0 Å². The van der Waals surface area contributed by atoms with E-state index in [4.69, 9.17) is 0 Å². The molecule has 3 rings (SSSR count). The van der Waals surface area contributed by atoms with Gasteiger partial charge in [-0.15, -0.1) is 0 Å². The topological polar surface area (TPSA) is 32.3 Å². The first kappa shape index (κ1) is 24.6. The first-order valence-electron chi connectivity index (χ1n) is 11.8. The van der Waals surface area contributed by atoms with Gasteiger partial charge in [-0.2, -0.15) is 13.2 Å². The summed E-state index contributed by atoms with van der Waals surface area (Å²) in [4.78, 5) is 12.2. The van der Waals surface area contributed by atoms with E-state index in [1.807, 2.05) is 24.3 Å². The molecule has 0 spiro atoms. The average molecular weight is 449 g/mol. The maximum Gasteiger partial charge on any atom is 0.409 e. The number of unbranched alkanes of at least 4 members (excludes halogenated alkanes) is 6. The van der Waals surface area contributed by atoms with Crippen LogP contribution in [0.1, 0.15) is 82.9 Å². The van der Waals surface area contributed by atoms with Crippen molar-refractivity contribution in [1.82, 2.24) is 10.4 Å². The van der Waals surface area contributed by atoms with Crippen molar-refractivity contribution in [3.8, 4) is 0 Å². The van der Waals surface area contributed by atoms with Crippen molar-refractivity contribution in [1.29, 1.82) is 0 Å². The second-order valence-electron chi connectivity index (χ2n) is 9.67. The molecule has 1 atom stereocenters. The lowest BCUT2D eigenvalue weighted by Crippen LogP contribution is -2.43. The van der Waals surface area contributed by atoms with Gasteiger partial charge in [-0.05, 0) is 54.7 Å². The number of hydrogen-bond donors (Lipinski definition) is 1. The van der Waals surface area contributed by atoms with Crippen LogP contribution < -0.4 is 5.43 Å². The van der Waals surface area contributed by atoms with E-state index >= 15 is 0 Å². The summed E-state index contributed by atoms with van der Waals surface area (Å²) < 4.78 is 42.7. The molecule has 1 saturated heterocycles. The predicted molar refractivity (Wildman–Crippen MR) is 123 cm³/mol. The SMILES string of the molecule is CCCCCCCCCc1cc([C@H](N2CC(C)(C)C(=O)N2)C(F)(F)F)cc2ccccc12. The number of hydrogen-bond acceptors (Lipinski definition) is 2. The molecule has 0 bridgehead atoms. The van der Waals surface area contributed by atoms with Crippen LogP contribution in [0.3, 0.4) is 0 Å². The molecule has 0 aromatic heterocycles. The van der Waals surface area contributed by atoms with Crippen LogP contribution in [-0.4, -0.2) is 23.6 Å². The van der Waals surface area contributed by atoms with Crippen LogP contribution in [0.15, 0.2) is 36.4 Å². The van der Waals surface area contributed by atoms with Crippen LogP contribution >= 0.6 is 0 Å². The maximum absolute atomic E-state index is 14.2. The van der Waals surface area contributed by atoms with E-state index in [0.717, 1.165) is 47.0 Å². The molecule has 0 saturated carbocycles. The third kappa shape index (κ3) is 5.83. The molecule has 1 aliphatic heterocycles. The Morgan fingerprint density at radius 1 is 1.03 bits per heavy atom. The van der Waals surface area contributed by atoms with Gasteiger partial charge in [0.25, 0.3) is 0 Å². The molecule has 1 N–H and O–H groups in total. The van der Waals surface area contributed by atoms with Crippen molar-refractivity contribution >= 4 is 16.7 Å². The highest BCUT2D eigenvalue weighted by Crippen LogP contribution is 2.42. The molecule has 1 fully saturated rings. The Labute approximate surface area is 189 Å². The van der Waals surface area contributed by atoms with Gasteiger partial charge in [0.2, 0.25) is 5.91 Å². The van der Waals surface area contributed by atoms with Gasteiger partial charge in [0.15, 0.2) is 0 Å². The second-order valence-corrected chi connectivity index (χ2v) is 9.67. The van der Waals surface area contributed by atoms with Crippen LogP contribution in [0.4, 0.5) is 13.2 Å². The lowest BCUT2D eigenvalue weighted by Gasteiger charge is -2.30. The average Bonchev–Trinajstić information content (AvgIpc) is 2.98. The maximum atomic E-state index is 14.2. The van der Waals surface area contributed by atoms with Crippen molar-refractivity contribution in [3.63, 3.8) is 0 Å². The number of carbonyl (C=O) groups excluding carboxylic acids is 1. The van der Waals surface area contributed by atoms with E-state index in [1.54, 1.807) is 26.0 Å². The largest absolute Gasteiger partial charge is 0.409 e. The number of carbonyl (C=O) groups is 1. The zero-order valence-electron chi connectivity index (χ0n) is 19.4. The molecule has 2 aromatic carbocycles. The molecule has 176 valence electrons. The van der Waals surface area contributed by atoms with E-state index in [-0.39, 0.29) is 18.0 Å². The van der Waals surface area contributed by atoms with Gasteiger partial charge in [-0.3, -0.25) is 10.2 Å². The van der Waals surface area contributed by atoms with Crippen LogP contribution in [0, 0.1) is 5.41 Å². The minimum absolute atomic E-state index is 0.00985. The van der Waals surface area contributed by atoms with Gasteiger partial charge in [-0.25, -0.2) is 5.01 Å². The zero-order chi connectivity index (χ0) is 23.4. The predicted octanol–water partition coefficient (Wildman–Crippen LogP) is 7.11. The number of hydrazine groups is 1. The Hall–Kier alpha value is -2.08. The van der Waals surface area contributed by atoms with Gasteiger partial charge in [0.1, 0.15) is 6.04 Å². The molecule has 2 aromatic rings. The van der Waals surface area contributed by atoms with Gasteiger partial charge in [0, 0.05) is 6.54 Å². The summed E-state index contributed by atoms with van der Waals surface area (Å²) in [7, 11) is 0. The van der Waals surface area contributed by atoms with Gasteiger partial charge in [-0.1, -0.05) is 75.8 Å². The smallest absolute Gasteiger partial charge is 0.287 e. The summed E-state index contributed by atoms with van der Waals surface area (Å²) in [5, 5.41) is 2.88. The van der Waals surface area contributed by atoms with Crippen molar-refractivity contribution in [2.24, 2.45) is 5.41 Å². The van der Waals surface area contributed by atoms with Gasteiger partial charge >= 0.3 is 6.18 Å². The molecular weight excluding hydrogens is 413 g/mol. The third-order valence-electron chi connectivity index (χ3n) is 6.38. The minimum Gasteiger partial charge on any atom is -0.287 e. The van der Waals surface area contributed by atoms with Crippen molar-refractivity contribution < 1.29 is 18.0 Å². The molecule has 1 heterocycles. The highest BCUT2D eigenvalue weighted by molar-refractivity contribution is 5.87. The monoisotopic (exact) mass is 448 g/mol. The summed E-state index contributed by atoms with van der Waals surface area (Å²) in [6, 6.07) is 9.10. The fraction of sp³-hybridized carbons (Fsp3) is 0.577. The Morgan fingerprint density at radius 2 is 1.69 bits per heavy atom. The fourth-order valence-corrected chi connectivity index (χ4v) is 4.57. The standard InChI is InChI=1S/C26H35F3N2O/c1-4-5-6-7-8-9-10-13-19-16-21(17-20-14-11-12-15-22(19)20)23(26(27,28)29)31-18-25(2,3)24(32)30-31/h11-12,14-17,23H,4-10,13,18H2,1-3H3,(H,30,32)/t23-/m0/s1. The summed E-state index contributed by atoms with van der Waals surface area (Å²) >= 11 is 0. The molecular formula is C26H35F3N2O. The second kappa shape index (κ2) is 10.2. The fourth-order valence-electron chi connectivity index (χ4n) is 4.57. The lowest BCUT2D eigenvalue weighted by molar-refractivity contribution is -0.191. The number of aryl methyl sites for hydroxylation is 1. The number of benzene rings is 2. The van der Waals surface area contributed by atoms with Crippen LogP contribution in [0.2, 0.25) is 0 Å². The van der Waals surface area contributed by atoms with Gasteiger partial charge in [0.05, 0.1) is 5.41 Å². The lowest BCUT2D eigenvalue weighted by atomic mass is 9.92. The van der Waals surface area contributed by atoms with Crippen LogP contribution in [-0.2, 0) is 11.2 Å². The first-order chi connectivity index (χ1) is 15.1. The number of fused-ring (bicyclic) bond motifs is 1. The number of rotatable bonds is 10. The molecule has 0 radical (unpaired) electrons. The third-order valence-corrected chi connectivity index (χ3v) is 6.38.